The summed E-state index contributed by atoms with van der Waals surface area (Å²) in [4.78, 5) is 23.6. The predicted octanol–water partition coefficient (Wildman–Crippen LogP) is 4.64. The summed E-state index contributed by atoms with van der Waals surface area (Å²) in [6.07, 6.45) is -4.43. The Morgan fingerprint density at radius 3 is 1.88 bits per heavy atom. The number of carbonyl (C=O) groups excluding carboxylic acids is 2. The molecule has 0 aliphatic carbocycles. The lowest BCUT2D eigenvalue weighted by Gasteiger charge is -2.10. The summed E-state index contributed by atoms with van der Waals surface area (Å²) in [5.74, 6) is -0.650. The van der Waals surface area contributed by atoms with Crippen LogP contribution < -0.4 is 10.0 Å². The zero-order valence-electron chi connectivity index (χ0n) is 17.3. The van der Waals surface area contributed by atoms with Gasteiger partial charge in [-0.05, 0) is 61.0 Å². The largest absolute Gasteiger partial charge is 0.416 e. The molecule has 0 atom stereocenters. The lowest BCUT2D eigenvalue weighted by molar-refractivity contribution is -0.137. The summed E-state index contributed by atoms with van der Waals surface area (Å²) in [6, 6.07) is 15.6. The first-order valence-corrected chi connectivity index (χ1v) is 11.1. The summed E-state index contributed by atoms with van der Waals surface area (Å²) in [5.41, 5.74) is 0.586. The van der Waals surface area contributed by atoms with E-state index in [0.717, 1.165) is 12.1 Å². The van der Waals surface area contributed by atoms with Crippen molar-refractivity contribution < 1.29 is 31.2 Å². The Balaban J connectivity index is 1.61. The molecule has 2 N–H and O–H groups in total. The third kappa shape index (κ3) is 6.19. The van der Waals surface area contributed by atoms with Crippen LogP contribution in [0.4, 0.5) is 18.9 Å². The van der Waals surface area contributed by atoms with Crippen molar-refractivity contribution >= 4 is 27.4 Å². The number of halogens is 3. The van der Waals surface area contributed by atoms with E-state index in [9.17, 15) is 31.2 Å². The van der Waals surface area contributed by atoms with Gasteiger partial charge in [0.25, 0.3) is 15.9 Å². The zero-order valence-corrected chi connectivity index (χ0v) is 18.1. The minimum Gasteiger partial charge on any atom is -0.348 e. The topological polar surface area (TPSA) is 92.3 Å². The van der Waals surface area contributed by atoms with Crippen molar-refractivity contribution in [2.24, 2.45) is 0 Å². The Morgan fingerprint density at radius 1 is 0.818 bits per heavy atom. The molecule has 0 fully saturated rings. The van der Waals surface area contributed by atoms with Crippen molar-refractivity contribution in [1.82, 2.24) is 5.32 Å². The first-order valence-electron chi connectivity index (χ1n) is 9.64. The molecule has 6 nitrogen and oxygen atoms in total. The van der Waals surface area contributed by atoms with Gasteiger partial charge in [0.05, 0.1) is 10.5 Å². The minimum absolute atomic E-state index is 0.0224. The van der Waals surface area contributed by atoms with E-state index in [0.29, 0.717) is 11.1 Å². The van der Waals surface area contributed by atoms with Crippen LogP contribution >= 0.6 is 0 Å². The average molecular weight is 476 g/mol. The standard InChI is InChI=1S/C23H19F3N2O4S/c1-15(29)17-6-12-21(13-7-17)33(31,32)28-20-10-4-18(5-11-20)22(30)27-14-16-2-8-19(9-3-16)23(24,25)26/h2-13,28H,14H2,1H3,(H,27,30). The molecule has 0 saturated heterocycles. The maximum absolute atomic E-state index is 12.6. The third-order valence-corrected chi connectivity index (χ3v) is 6.10. The van der Waals surface area contributed by atoms with Gasteiger partial charge >= 0.3 is 6.18 Å². The number of Topliss-reactive ketones (excluding diaryl/α,β-unsaturated/α-hetero) is 1. The molecule has 1 amide bonds. The van der Waals surface area contributed by atoms with Crippen LogP contribution in [0.25, 0.3) is 0 Å². The number of carbonyl (C=O) groups is 2. The Hall–Kier alpha value is -3.66. The summed E-state index contributed by atoms with van der Waals surface area (Å²) < 4.78 is 65.2. The molecule has 0 aliphatic rings. The summed E-state index contributed by atoms with van der Waals surface area (Å²) in [7, 11) is -3.89. The fourth-order valence-electron chi connectivity index (χ4n) is 2.87. The van der Waals surface area contributed by atoms with Crippen LogP contribution in [0.2, 0.25) is 0 Å². The van der Waals surface area contributed by atoms with Gasteiger partial charge in [-0.1, -0.05) is 24.3 Å². The number of sulfonamides is 1. The highest BCUT2D eigenvalue weighted by molar-refractivity contribution is 7.92. The molecule has 0 aliphatic heterocycles. The number of alkyl halides is 3. The fourth-order valence-corrected chi connectivity index (χ4v) is 3.93. The van der Waals surface area contributed by atoms with E-state index >= 15 is 0 Å². The Bertz CT molecular complexity index is 1250. The normalized spacial score (nSPS) is 11.6. The van der Waals surface area contributed by atoms with E-state index in [1.807, 2.05) is 0 Å². The van der Waals surface area contributed by atoms with Crippen molar-refractivity contribution in [2.45, 2.75) is 24.5 Å². The predicted molar refractivity (Wildman–Crippen MR) is 116 cm³/mol. The number of ketones is 1. The molecule has 0 bridgehead atoms. The highest BCUT2D eigenvalue weighted by atomic mass is 32.2. The molecule has 3 aromatic rings. The van der Waals surface area contributed by atoms with Gasteiger partial charge in [-0.3, -0.25) is 14.3 Å². The lowest BCUT2D eigenvalue weighted by Crippen LogP contribution is -2.22. The molecule has 0 heterocycles. The molecule has 3 aromatic carbocycles. The number of rotatable bonds is 7. The van der Waals surface area contributed by atoms with Crippen molar-refractivity contribution in [3.05, 3.63) is 95.1 Å². The van der Waals surface area contributed by atoms with Gasteiger partial charge in [-0.15, -0.1) is 0 Å². The molecule has 10 heteroatoms. The van der Waals surface area contributed by atoms with Gasteiger partial charge in [0, 0.05) is 23.4 Å². The first-order chi connectivity index (χ1) is 15.5. The Labute approximate surface area is 188 Å². The Kier molecular flexibility index (Phi) is 6.87. The molecule has 0 unspecified atom stereocenters. The van der Waals surface area contributed by atoms with Gasteiger partial charge in [-0.2, -0.15) is 13.2 Å². The van der Waals surface area contributed by atoms with Crippen LogP contribution in [-0.4, -0.2) is 20.1 Å². The number of benzene rings is 3. The third-order valence-electron chi connectivity index (χ3n) is 4.70. The second kappa shape index (κ2) is 9.45. The monoisotopic (exact) mass is 476 g/mol. The molecular formula is C23H19F3N2O4S. The Morgan fingerprint density at radius 2 is 1.36 bits per heavy atom. The van der Waals surface area contributed by atoms with Crippen LogP contribution in [0.5, 0.6) is 0 Å². The minimum atomic E-state index is -4.43. The van der Waals surface area contributed by atoms with Crippen LogP contribution in [0.1, 0.15) is 38.8 Å². The van der Waals surface area contributed by atoms with Crippen LogP contribution in [0.15, 0.2) is 77.7 Å². The molecule has 0 spiro atoms. The number of nitrogens with one attached hydrogen (secondary N) is 2. The summed E-state index contributed by atoms with van der Waals surface area (Å²) in [6.45, 7) is 1.41. The van der Waals surface area contributed by atoms with E-state index in [1.54, 1.807) is 0 Å². The second-order valence-electron chi connectivity index (χ2n) is 7.14. The van der Waals surface area contributed by atoms with Gasteiger partial charge in [0.2, 0.25) is 0 Å². The number of amides is 1. The maximum Gasteiger partial charge on any atom is 0.416 e. The van der Waals surface area contributed by atoms with Crippen LogP contribution in [-0.2, 0) is 22.7 Å². The number of anilines is 1. The molecule has 33 heavy (non-hydrogen) atoms. The fraction of sp³-hybridized carbons (Fsp3) is 0.130. The average Bonchev–Trinajstić information content (AvgIpc) is 2.77. The molecule has 0 radical (unpaired) electrons. The number of hydrogen-bond acceptors (Lipinski definition) is 4. The first kappa shape index (κ1) is 24.0. The molecule has 172 valence electrons. The van der Waals surface area contributed by atoms with E-state index in [2.05, 4.69) is 10.0 Å². The van der Waals surface area contributed by atoms with Gasteiger partial charge in [0.1, 0.15) is 0 Å². The molecule has 0 saturated carbocycles. The van der Waals surface area contributed by atoms with Crippen LogP contribution in [0.3, 0.4) is 0 Å². The van der Waals surface area contributed by atoms with Crippen molar-refractivity contribution in [3.63, 3.8) is 0 Å². The second-order valence-corrected chi connectivity index (χ2v) is 8.82. The SMILES string of the molecule is CC(=O)c1ccc(S(=O)(=O)Nc2ccc(C(=O)NCc3ccc(C(F)(F)F)cc3)cc2)cc1. The molecular weight excluding hydrogens is 457 g/mol. The highest BCUT2D eigenvalue weighted by Crippen LogP contribution is 2.29. The lowest BCUT2D eigenvalue weighted by atomic mass is 10.1. The van der Waals surface area contributed by atoms with Gasteiger partial charge in [0.15, 0.2) is 5.78 Å². The van der Waals surface area contributed by atoms with E-state index < -0.39 is 27.7 Å². The summed E-state index contributed by atoms with van der Waals surface area (Å²) >= 11 is 0. The van der Waals surface area contributed by atoms with Crippen molar-refractivity contribution in [3.8, 4) is 0 Å². The molecule has 0 aromatic heterocycles. The maximum atomic E-state index is 12.6. The summed E-state index contributed by atoms with van der Waals surface area (Å²) in [5, 5.41) is 2.60. The van der Waals surface area contributed by atoms with E-state index in [4.69, 9.17) is 0 Å². The number of hydrogen-bond donors (Lipinski definition) is 2. The highest BCUT2D eigenvalue weighted by Gasteiger charge is 2.29. The molecule has 3 rings (SSSR count). The quantitative estimate of drug-likeness (QED) is 0.486. The van der Waals surface area contributed by atoms with E-state index in [1.165, 1.54) is 67.6 Å². The zero-order chi connectivity index (χ0) is 24.2. The smallest absolute Gasteiger partial charge is 0.348 e. The van der Waals surface area contributed by atoms with Crippen LogP contribution in [0, 0.1) is 0 Å². The van der Waals surface area contributed by atoms with Gasteiger partial charge in [-0.25, -0.2) is 8.42 Å². The van der Waals surface area contributed by atoms with Crippen molar-refractivity contribution in [1.29, 1.82) is 0 Å². The van der Waals surface area contributed by atoms with Crippen molar-refractivity contribution in [2.75, 3.05) is 4.72 Å². The van der Waals surface area contributed by atoms with E-state index in [-0.39, 0.29) is 28.5 Å². The van der Waals surface area contributed by atoms with Gasteiger partial charge < -0.3 is 5.32 Å².